The molecule has 1 fully saturated rings. The summed E-state index contributed by atoms with van der Waals surface area (Å²) in [6.45, 7) is 4.80. The molecule has 0 radical (unpaired) electrons. The second kappa shape index (κ2) is 10.7. The van der Waals surface area contributed by atoms with Crippen LogP contribution in [0.15, 0.2) is 42.5 Å². The summed E-state index contributed by atoms with van der Waals surface area (Å²) in [7, 11) is 3.29. The lowest BCUT2D eigenvalue weighted by atomic mass is 9.97. The first-order valence-electron chi connectivity index (χ1n) is 10.9. The molecule has 1 saturated heterocycles. The van der Waals surface area contributed by atoms with Gasteiger partial charge in [-0.3, -0.25) is 0 Å². The highest BCUT2D eigenvalue weighted by atomic mass is 32.1. The van der Waals surface area contributed by atoms with Gasteiger partial charge in [0.25, 0.3) is 0 Å². The summed E-state index contributed by atoms with van der Waals surface area (Å²) in [4.78, 5) is 7.24. The van der Waals surface area contributed by atoms with Gasteiger partial charge in [-0.2, -0.15) is 0 Å². The van der Waals surface area contributed by atoms with Gasteiger partial charge in [0, 0.05) is 13.1 Å². The van der Waals surface area contributed by atoms with Gasteiger partial charge in [0.05, 0.1) is 31.0 Å². The summed E-state index contributed by atoms with van der Waals surface area (Å²) in [5, 5.41) is 4.76. The Hall–Kier alpha value is -2.51. The van der Waals surface area contributed by atoms with Crippen molar-refractivity contribution in [1.29, 1.82) is 0 Å². The molecule has 0 unspecified atom stereocenters. The van der Waals surface area contributed by atoms with Crippen LogP contribution >= 0.6 is 11.3 Å². The summed E-state index contributed by atoms with van der Waals surface area (Å²) >= 11 is 1.80. The predicted molar refractivity (Wildman–Crippen MR) is 127 cm³/mol. The largest absolute Gasteiger partial charge is 0.493 e. The van der Waals surface area contributed by atoms with E-state index in [1.807, 2.05) is 18.2 Å². The minimum Gasteiger partial charge on any atom is -0.493 e. The molecule has 0 amide bonds. The molecule has 0 aliphatic carbocycles. The third-order valence-electron chi connectivity index (χ3n) is 5.73. The van der Waals surface area contributed by atoms with Gasteiger partial charge in [-0.25, -0.2) is 4.98 Å². The number of para-hydroxylation sites is 2. The van der Waals surface area contributed by atoms with Crippen molar-refractivity contribution in [2.45, 2.75) is 19.3 Å². The summed E-state index contributed by atoms with van der Waals surface area (Å²) in [5.41, 5.74) is 1.11. The molecular formula is C24H31N3O3S. The highest BCUT2D eigenvalue weighted by molar-refractivity contribution is 7.22. The molecule has 4 rings (SSSR count). The normalized spacial score (nSPS) is 14.7. The van der Waals surface area contributed by atoms with Gasteiger partial charge in [0.1, 0.15) is 0 Å². The predicted octanol–water partition coefficient (Wildman–Crippen LogP) is 4.59. The van der Waals surface area contributed by atoms with Crippen LogP contribution < -0.4 is 24.4 Å². The Balaban J connectivity index is 1.14. The first-order chi connectivity index (χ1) is 15.3. The number of piperidine rings is 1. The van der Waals surface area contributed by atoms with E-state index >= 15 is 0 Å². The van der Waals surface area contributed by atoms with Gasteiger partial charge < -0.3 is 24.4 Å². The Kier molecular flexibility index (Phi) is 7.48. The minimum absolute atomic E-state index is 0.625. The molecule has 31 heavy (non-hydrogen) atoms. The second-order valence-electron chi connectivity index (χ2n) is 7.79. The molecule has 7 heteroatoms. The van der Waals surface area contributed by atoms with Crippen molar-refractivity contribution >= 4 is 26.7 Å². The fourth-order valence-corrected chi connectivity index (χ4v) is 4.98. The molecule has 2 heterocycles. The van der Waals surface area contributed by atoms with Crippen LogP contribution in [0.1, 0.15) is 19.3 Å². The summed E-state index contributed by atoms with van der Waals surface area (Å²) in [6, 6.07) is 14.1. The van der Waals surface area contributed by atoms with Gasteiger partial charge in [-0.05, 0) is 62.5 Å². The van der Waals surface area contributed by atoms with Gasteiger partial charge in [0.15, 0.2) is 16.6 Å². The first-order valence-corrected chi connectivity index (χ1v) is 11.7. The number of anilines is 1. The molecule has 2 aromatic carbocycles. The Bertz CT molecular complexity index is 914. The van der Waals surface area contributed by atoms with Crippen LogP contribution in [-0.2, 0) is 0 Å². The zero-order chi connectivity index (χ0) is 21.5. The number of hydrogen-bond donors (Lipinski definition) is 1. The van der Waals surface area contributed by atoms with Crippen molar-refractivity contribution in [3.8, 4) is 17.2 Å². The van der Waals surface area contributed by atoms with E-state index in [9.17, 15) is 0 Å². The van der Waals surface area contributed by atoms with Crippen molar-refractivity contribution in [3.63, 3.8) is 0 Å². The van der Waals surface area contributed by atoms with E-state index in [-0.39, 0.29) is 0 Å². The monoisotopic (exact) mass is 441 g/mol. The molecule has 166 valence electrons. The number of aromatic nitrogens is 1. The smallest absolute Gasteiger partial charge is 0.203 e. The lowest BCUT2D eigenvalue weighted by Crippen LogP contribution is -2.37. The summed E-state index contributed by atoms with van der Waals surface area (Å²) in [6.07, 6.45) is 3.35. The van der Waals surface area contributed by atoms with Gasteiger partial charge in [0.2, 0.25) is 5.75 Å². The number of nitrogens with one attached hydrogen (secondary N) is 1. The molecule has 0 atom stereocenters. The van der Waals surface area contributed by atoms with Gasteiger partial charge in [-0.15, -0.1) is 0 Å². The van der Waals surface area contributed by atoms with Gasteiger partial charge >= 0.3 is 0 Å². The maximum absolute atomic E-state index is 5.93. The molecule has 3 aromatic rings. The number of hydrogen-bond acceptors (Lipinski definition) is 7. The third-order valence-corrected chi connectivity index (χ3v) is 6.82. The highest BCUT2D eigenvalue weighted by Gasteiger charge is 2.21. The average molecular weight is 442 g/mol. The number of ether oxygens (including phenoxy) is 3. The molecule has 0 spiro atoms. The lowest BCUT2D eigenvalue weighted by Gasteiger charge is -2.31. The molecule has 1 aliphatic heterocycles. The van der Waals surface area contributed by atoms with Crippen LogP contribution in [-0.4, -0.2) is 52.0 Å². The number of nitrogens with zero attached hydrogens (tertiary/aromatic N) is 2. The number of methoxy groups -OCH3 is 2. The maximum Gasteiger partial charge on any atom is 0.203 e. The number of thiazole rings is 1. The summed E-state index contributed by atoms with van der Waals surface area (Å²) < 4.78 is 17.9. The second-order valence-corrected chi connectivity index (χ2v) is 8.80. The van der Waals surface area contributed by atoms with Crippen molar-refractivity contribution in [1.82, 2.24) is 10.3 Å². The fourth-order valence-electron chi connectivity index (χ4n) is 3.96. The van der Waals surface area contributed by atoms with E-state index in [0.717, 1.165) is 49.2 Å². The fraction of sp³-hybridized carbons (Fsp3) is 0.458. The quantitative estimate of drug-likeness (QED) is 0.465. The van der Waals surface area contributed by atoms with Crippen LogP contribution in [0.25, 0.3) is 10.2 Å². The van der Waals surface area contributed by atoms with E-state index in [2.05, 4.69) is 34.5 Å². The zero-order valence-corrected chi connectivity index (χ0v) is 19.1. The van der Waals surface area contributed by atoms with E-state index < -0.39 is 0 Å². The molecule has 1 aliphatic rings. The zero-order valence-electron chi connectivity index (χ0n) is 18.3. The Morgan fingerprint density at radius 2 is 1.77 bits per heavy atom. The Morgan fingerprint density at radius 3 is 2.48 bits per heavy atom. The van der Waals surface area contributed by atoms with Crippen molar-refractivity contribution < 1.29 is 14.2 Å². The average Bonchev–Trinajstić information content (AvgIpc) is 3.26. The Morgan fingerprint density at radius 1 is 1.03 bits per heavy atom. The van der Waals surface area contributed by atoms with Crippen molar-refractivity contribution in [3.05, 3.63) is 42.5 Å². The number of fused-ring (bicyclic) bond motifs is 1. The van der Waals surface area contributed by atoms with Crippen LogP contribution in [0.2, 0.25) is 0 Å². The molecule has 1 aromatic heterocycles. The maximum atomic E-state index is 5.93. The van der Waals surface area contributed by atoms with Crippen LogP contribution in [0.4, 0.5) is 5.13 Å². The highest BCUT2D eigenvalue weighted by Crippen LogP contribution is 2.36. The molecule has 6 nitrogen and oxygen atoms in total. The standard InChI is InChI=1S/C24H31N3O3S/c1-28-20-8-5-9-21(29-2)23(20)30-16-6-13-25-17-18-11-14-27(15-12-18)24-26-19-7-3-4-10-22(19)31-24/h3-5,7-10,18,25H,6,11-17H2,1-2H3. The lowest BCUT2D eigenvalue weighted by molar-refractivity contribution is 0.267. The number of rotatable bonds is 10. The minimum atomic E-state index is 0.625. The molecule has 1 N–H and O–H groups in total. The van der Waals surface area contributed by atoms with E-state index in [4.69, 9.17) is 19.2 Å². The molecule has 0 saturated carbocycles. The van der Waals surface area contributed by atoms with E-state index in [1.54, 1.807) is 25.6 Å². The van der Waals surface area contributed by atoms with Crippen molar-refractivity contribution in [2.24, 2.45) is 5.92 Å². The number of benzene rings is 2. The van der Waals surface area contributed by atoms with Crippen LogP contribution in [0, 0.1) is 5.92 Å². The SMILES string of the molecule is COc1cccc(OC)c1OCCCNCC1CCN(c2nc3ccccc3s2)CC1. The van der Waals surface area contributed by atoms with Crippen LogP contribution in [0.5, 0.6) is 17.2 Å². The van der Waals surface area contributed by atoms with Crippen LogP contribution in [0.3, 0.4) is 0 Å². The molecule has 0 bridgehead atoms. The third kappa shape index (κ3) is 5.40. The van der Waals surface area contributed by atoms with E-state index in [1.165, 1.54) is 17.5 Å². The van der Waals surface area contributed by atoms with E-state index in [0.29, 0.717) is 23.9 Å². The summed E-state index contributed by atoms with van der Waals surface area (Å²) in [5.74, 6) is 2.80. The molecular weight excluding hydrogens is 410 g/mol. The van der Waals surface area contributed by atoms with Gasteiger partial charge in [-0.1, -0.05) is 29.5 Å². The Labute approximate surface area is 188 Å². The topological polar surface area (TPSA) is 55.9 Å². The first kappa shape index (κ1) is 21.7. The van der Waals surface area contributed by atoms with Crippen molar-refractivity contribution in [2.75, 3.05) is 51.9 Å².